The Morgan fingerprint density at radius 3 is 2.65 bits per heavy atom. The van der Waals surface area contributed by atoms with E-state index in [1.165, 1.54) is 19.4 Å². The van der Waals surface area contributed by atoms with Crippen LogP contribution in [0.25, 0.3) is 0 Å². The summed E-state index contributed by atoms with van der Waals surface area (Å²) >= 11 is 0. The first-order valence-electron chi connectivity index (χ1n) is 7.00. The van der Waals surface area contributed by atoms with Gasteiger partial charge in [0.25, 0.3) is 0 Å². The molecule has 0 bridgehead atoms. The van der Waals surface area contributed by atoms with Gasteiger partial charge in [-0.05, 0) is 32.2 Å². The van der Waals surface area contributed by atoms with Gasteiger partial charge in [0.2, 0.25) is 0 Å². The van der Waals surface area contributed by atoms with Crippen LogP contribution >= 0.6 is 0 Å². The van der Waals surface area contributed by atoms with Crippen LogP contribution in [-0.4, -0.2) is 38.5 Å². The molecule has 0 amide bonds. The van der Waals surface area contributed by atoms with Crippen LogP contribution in [0.15, 0.2) is 11.1 Å². The number of ether oxygens (including phenoxy) is 2. The summed E-state index contributed by atoms with van der Waals surface area (Å²) < 4.78 is 11.6. The van der Waals surface area contributed by atoms with E-state index in [9.17, 15) is 0 Å². The van der Waals surface area contributed by atoms with Gasteiger partial charge in [0.1, 0.15) is 0 Å². The molecule has 0 radical (unpaired) electrons. The topological polar surface area (TPSA) is 30.5 Å². The summed E-state index contributed by atoms with van der Waals surface area (Å²) in [4.78, 5) is 0. The second kappa shape index (κ2) is 5.09. The Kier molecular flexibility index (Phi) is 3.50. The number of hydrogen-bond donors (Lipinski definition) is 1. The SMILES string of the molecule is C1CNCC(=C2CCOC3(CCOCC3)C2)C1. The Balaban J connectivity index is 1.73. The fraction of sp³-hybridized carbons (Fsp3) is 0.857. The van der Waals surface area contributed by atoms with Crippen molar-refractivity contribution in [3.63, 3.8) is 0 Å². The summed E-state index contributed by atoms with van der Waals surface area (Å²) in [5, 5.41) is 3.50. The van der Waals surface area contributed by atoms with Gasteiger partial charge in [-0.15, -0.1) is 0 Å². The average Bonchev–Trinajstić information content (AvgIpc) is 2.41. The van der Waals surface area contributed by atoms with Crippen molar-refractivity contribution in [3.05, 3.63) is 11.1 Å². The van der Waals surface area contributed by atoms with E-state index in [0.717, 1.165) is 52.0 Å². The highest BCUT2D eigenvalue weighted by molar-refractivity contribution is 5.21. The zero-order valence-electron chi connectivity index (χ0n) is 10.6. The molecule has 0 aromatic rings. The van der Waals surface area contributed by atoms with Crippen LogP contribution in [0.3, 0.4) is 0 Å². The van der Waals surface area contributed by atoms with E-state index < -0.39 is 0 Å². The molecule has 1 N–H and O–H groups in total. The molecule has 17 heavy (non-hydrogen) atoms. The Morgan fingerprint density at radius 2 is 1.88 bits per heavy atom. The molecule has 3 heterocycles. The van der Waals surface area contributed by atoms with Gasteiger partial charge in [0, 0.05) is 32.6 Å². The Labute approximate surface area is 104 Å². The molecule has 0 aliphatic carbocycles. The fourth-order valence-corrected chi connectivity index (χ4v) is 3.34. The summed E-state index contributed by atoms with van der Waals surface area (Å²) in [6.07, 6.45) is 7.08. The monoisotopic (exact) mass is 237 g/mol. The molecule has 1 spiro atoms. The van der Waals surface area contributed by atoms with Crippen molar-refractivity contribution in [2.45, 2.75) is 44.1 Å². The van der Waals surface area contributed by atoms with Crippen LogP contribution in [0.4, 0.5) is 0 Å². The van der Waals surface area contributed by atoms with Gasteiger partial charge in [-0.2, -0.15) is 0 Å². The minimum absolute atomic E-state index is 0.121. The van der Waals surface area contributed by atoms with Gasteiger partial charge in [-0.1, -0.05) is 11.1 Å². The zero-order valence-corrected chi connectivity index (χ0v) is 10.6. The first-order chi connectivity index (χ1) is 8.38. The first-order valence-corrected chi connectivity index (χ1v) is 7.00. The molecule has 3 aliphatic rings. The first kappa shape index (κ1) is 11.7. The fourth-order valence-electron chi connectivity index (χ4n) is 3.34. The highest BCUT2D eigenvalue weighted by Gasteiger charge is 2.37. The largest absolute Gasteiger partial charge is 0.381 e. The molecule has 0 saturated carbocycles. The molecule has 0 atom stereocenters. The molecule has 0 aromatic carbocycles. The van der Waals surface area contributed by atoms with Gasteiger partial charge < -0.3 is 14.8 Å². The number of piperidine rings is 1. The van der Waals surface area contributed by atoms with Crippen molar-refractivity contribution in [1.29, 1.82) is 0 Å². The molecule has 3 rings (SSSR count). The average molecular weight is 237 g/mol. The van der Waals surface area contributed by atoms with Crippen LogP contribution in [0.5, 0.6) is 0 Å². The second-order valence-electron chi connectivity index (χ2n) is 5.56. The van der Waals surface area contributed by atoms with Crippen LogP contribution in [-0.2, 0) is 9.47 Å². The molecule has 0 aromatic heterocycles. The number of hydrogen-bond acceptors (Lipinski definition) is 3. The molecule has 3 aliphatic heterocycles. The van der Waals surface area contributed by atoms with Gasteiger partial charge in [0.15, 0.2) is 0 Å². The molecule has 3 saturated heterocycles. The van der Waals surface area contributed by atoms with Crippen molar-refractivity contribution >= 4 is 0 Å². The smallest absolute Gasteiger partial charge is 0.0763 e. The predicted octanol–water partition coefficient (Wildman–Crippen LogP) is 2.03. The third kappa shape index (κ3) is 2.56. The second-order valence-corrected chi connectivity index (χ2v) is 5.56. The maximum absolute atomic E-state index is 6.09. The Bertz CT molecular complexity index is 292. The van der Waals surface area contributed by atoms with E-state index in [1.54, 1.807) is 11.1 Å². The normalized spacial score (nSPS) is 33.9. The highest BCUT2D eigenvalue weighted by atomic mass is 16.5. The number of rotatable bonds is 0. The van der Waals surface area contributed by atoms with E-state index in [0.29, 0.717) is 0 Å². The summed E-state index contributed by atoms with van der Waals surface area (Å²) in [7, 11) is 0. The third-order valence-corrected chi connectivity index (χ3v) is 4.42. The summed E-state index contributed by atoms with van der Waals surface area (Å²) in [5.74, 6) is 0. The quantitative estimate of drug-likeness (QED) is 0.654. The predicted molar refractivity (Wildman–Crippen MR) is 67.1 cm³/mol. The van der Waals surface area contributed by atoms with Crippen molar-refractivity contribution in [3.8, 4) is 0 Å². The maximum atomic E-state index is 6.09. The lowest BCUT2D eigenvalue weighted by Gasteiger charge is -2.42. The lowest BCUT2D eigenvalue weighted by molar-refractivity contribution is -0.121. The van der Waals surface area contributed by atoms with E-state index in [2.05, 4.69) is 5.32 Å². The van der Waals surface area contributed by atoms with Gasteiger partial charge in [0.05, 0.1) is 12.2 Å². The van der Waals surface area contributed by atoms with Crippen molar-refractivity contribution < 1.29 is 9.47 Å². The molecular formula is C14H23NO2. The summed E-state index contributed by atoms with van der Waals surface area (Å²) in [6, 6.07) is 0. The molecule has 0 unspecified atom stereocenters. The van der Waals surface area contributed by atoms with Gasteiger partial charge >= 0.3 is 0 Å². The van der Waals surface area contributed by atoms with Crippen LogP contribution in [0, 0.1) is 0 Å². The lowest BCUT2D eigenvalue weighted by atomic mass is 9.81. The van der Waals surface area contributed by atoms with Crippen molar-refractivity contribution in [2.24, 2.45) is 0 Å². The molecule has 3 heteroatoms. The van der Waals surface area contributed by atoms with Crippen molar-refractivity contribution in [1.82, 2.24) is 5.32 Å². The van der Waals surface area contributed by atoms with Crippen molar-refractivity contribution in [2.75, 3.05) is 32.9 Å². The van der Waals surface area contributed by atoms with Gasteiger partial charge in [-0.3, -0.25) is 0 Å². The Hall–Kier alpha value is -0.380. The van der Waals surface area contributed by atoms with Gasteiger partial charge in [-0.25, -0.2) is 0 Å². The number of nitrogens with one attached hydrogen (secondary N) is 1. The molecule has 3 fully saturated rings. The highest BCUT2D eigenvalue weighted by Crippen LogP contribution is 2.38. The molecule has 3 nitrogen and oxygen atoms in total. The Morgan fingerprint density at radius 1 is 1.00 bits per heavy atom. The molecular weight excluding hydrogens is 214 g/mol. The zero-order chi connectivity index (χ0) is 11.6. The molecule has 96 valence electrons. The van der Waals surface area contributed by atoms with Crippen LogP contribution in [0.1, 0.15) is 38.5 Å². The maximum Gasteiger partial charge on any atom is 0.0763 e. The van der Waals surface area contributed by atoms with E-state index in [4.69, 9.17) is 9.47 Å². The van der Waals surface area contributed by atoms with E-state index in [1.807, 2.05) is 0 Å². The lowest BCUT2D eigenvalue weighted by Crippen LogP contribution is -2.43. The third-order valence-electron chi connectivity index (χ3n) is 4.42. The minimum Gasteiger partial charge on any atom is -0.381 e. The minimum atomic E-state index is 0.121. The standard InChI is InChI=1S/C14H23NO2/c1-2-13(11-15-6-1)12-3-7-17-14(10-12)4-8-16-9-5-14/h15H,1-11H2. The summed E-state index contributed by atoms with van der Waals surface area (Å²) in [5.41, 5.74) is 3.48. The summed E-state index contributed by atoms with van der Waals surface area (Å²) in [6.45, 7) is 4.97. The van der Waals surface area contributed by atoms with E-state index >= 15 is 0 Å². The van der Waals surface area contributed by atoms with Crippen LogP contribution < -0.4 is 5.32 Å². The van der Waals surface area contributed by atoms with Crippen LogP contribution in [0.2, 0.25) is 0 Å². The van der Waals surface area contributed by atoms with E-state index in [-0.39, 0.29) is 5.60 Å².